The van der Waals surface area contributed by atoms with Crippen molar-refractivity contribution in [3.63, 3.8) is 0 Å². The number of ether oxygens (including phenoxy) is 1. The average Bonchev–Trinajstić information content (AvgIpc) is 2.89. The van der Waals surface area contributed by atoms with Crippen LogP contribution in [0.2, 0.25) is 0 Å². The summed E-state index contributed by atoms with van der Waals surface area (Å²) in [7, 11) is 0. The van der Waals surface area contributed by atoms with Crippen molar-refractivity contribution in [1.82, 2.24) is 0 Å². The normalized spacial score (nSPS) is 24.5. The van der Waals surface area contributed by atoms with Gasteiger partial charge in [0.05, 0.1) is 5.92 Å². The Bertz CT molecular complexity index is 1070. The highest BCUT2D eigenvalue weighted by atomic mass is 19.2. The molecular formula is C30H36F4O2. The molecule has 2 fully saturated rings. The van der Waals surface area contributed by atoms with Gasteiger partial charge in [-0.1, -0.05) is 44.9 Å². The first-order valence-electron chi connectivity index (χ1n) is 13.5. The van der Waals surface area contributed by atoms with Gasteiger partial charge in [-0.2, -0.15) is 4.39 Å². The molecule has 0 aromatic heterocycles. The van der Waals surface area contributed by atoms with Gasteiger partial charge >= 0.3 is 5.97 Å². The van der Waals surface area contributed by atoms with Gasteiger partial charge in [0, 0.05) is 0 Å². The zero-order valence-electron chi connectivity index (χ0n) is 21.2. The molecule has 0 radical (unpaired) electrons. The third-order valence-electron chi connectivity index (χ3n) is 8.34. The molecule has 0 amide bonds. The van der Waals surface area contributed by atoms with Crippen molar-refractivity contribution in [1.29, 1.82) is 0 Å². The third-order valence-corrected chi connectivity index (χ3v) is 8.34. The van der Waals surface area contributed by atoms with Gasteiger partial charge in [0.15, 0.2) is 23.2 Å². The average molecular weight is 505 g/mol. The summed E-state index contributed by atoms with van der Waals surface area (Å²) in [5.41, 5.74) is 1.08. The summed E-state index contributed by atoms with van der Waals surface area (Å²) >= 11 is 0. The lowest BCUT2D eigenvalue weighted by Gasteiger charge is -2.30. The predicted molar refractivity (Wildman–Crippen MR) is 132 cm³/mol. The van der Waals surface area contributed by atoms with Crippen LogP contribution in [0.5, 0.6) is 5.75 Å². The number of carbonyl (C=O) groups excluding carboxylic acids is 1. The number of rotatable bonds is 7. The molecule has 2 aliphatic carbocycles. The largest absolute Gasteiger partial charge is 0.423 e. The van der Waals surface area contributed by atoms with Crippen molar-refractivity contribution in [2.24, 2.45) is 11.8 Å². The van der Waals surface area contributed by atoms with Gasteiger partial charge in [0.25, 0.3) is 0 Å². The van der Waals surface area contributed by atoms with E-state index in [1.54, 1.807) is 19.1 Å². The Morgan fingerprint density at radius 3 is 1.83 bits per heavy atom. The summed E-state index contributed by atoms with van der Waals surface area (Å²) in [4.78, 5) is 12.6. The van der Waals surface area contributed by atoms with Gasteiger partial charge in [0.1, 0.15) is 0 Å². The van der Waals surface area contributed by atoms with E-state index in [2.05, 4.69) is 6.92 Å². The maximum absolute atomic E-state index is 15.1. The summed E-state index contributed by atoms with van der Waals surface area (Å²) in [5.74, 6) is -4.56. The van der Waals surface area contributed by atoms with Crippen LogP contribution in [0.15, 0.2) is 24.3 Å². The van der Waals surface area contributed by atoms with E-state index in [-0.39, 0.29) is 17.4 Å². The van der Waals surface area contributed by atoms with E-state index in [4.69, 9.17) is 4.74 Å². The fraction of sp³-hybridized carbons (Fsp3) is 0.567. The summed E-state index contributed by atoms with van der Waals surface area (Å²) in [6.45, 7) is 3.89. The van der Waals surface area contributed by atoms with E-state index in [0.29, 0.717) is 49.1 Å². The standard InChI is InChI=1S/C30H36F4O2/c1-3-5-18-6-8-20(9-7-18)23-15-16-24(28(33)27(23)32)21-10-12-22(13-11-21)30(35)36-25-17-14-19(4-2)26(31)29(25)34/h14-18,20-22H,3-13H2,1-2H3. The Morgan fingerprint density at radius 1 is 0.750 bits per heavy atom. The van der Waals surface area contributed by atoms with Gasteiger partial charge < -0.3 is 4.74 Å². The summed E-state index contributed by atoms with van der Waals surface area (Å²) in [5, 5.41) is 0. The Balaban J connectivity index is 1.36. The molecule has 2 aliphatic rings. The molecule has 0 heterocycles. The van der Waals surface area contributed by atoms with Crippen LogP contribution in [0.4, 0.5) is 17.6 Å². The fourth-order valence-electron chi connectivity index (χ4n) is 6.14. The minimum atomic E-state index is -1.16. The van der Waals surface area contributed by atoms with Gasteiger partial charge in [0.2, 0.25) is 5.82 Å². The minimum absolute atomic E-state index is 0.0730. The number of aryl methyl sites for hydroxylation is 1. The monoisotopic (exact) mass is 504 g/mol. The fourth-order valence-corrected chi connectivity index (χ4v) is 6.14. The van der Waals surface area contributed by atoms with E-state index in [1.807, 2.05) is 0 Å². The summed E-state index contributed by atoms with van der Waals surface area (Å²) in [6.07, 6.45) is 8.49. The first-order valence-corrected chi connectivity index (χ1v) is 13.5. The molecule has 0 atom stereocenters. The number of hydrogen-bond donors (Lipinski definition) is 0. The second-order valence-electron chi connectivity index (χ2n) is 10.6. The highest BCUT2D eigenvalue weighted by Crippen LogP contribution is 2.42. The van der Waals surface area contributed by atoms with Crippen molar-refractivity contribution in [2.45, 2.75) is 96.3 Å². The molecule has 0 unspecified atom stereocenters. The van der Waals surface area contributed by atoms with Crippen LogP contribution in [0, 0.1) is 35.1 Å². The molecule has 0 saturated heterocycles. The second-order valence-corrected chi connectivity index (χ2v) is 10.6. The molecule has 36 heavy (non-hydrogen) atoms. The molecule has 2 aromatic carbocycles. The number of carbonyl (C=O) groups is 1. The highest BCUT2D eigenvalue weighted by Gasteiger charge is 2.32. The quantitative estimate of drug-likeness (QED) is 0.214. The van der Waals surface area contributed by atoms with Crippen LogP contribution in [0.25, 0.3) is 0 Å². The molecule has 4 rings (SSSR count). The molecule has 2 saturated carbocycles. The van der Waals surface area contributed by atoms with Crippen LogP contribution in [-0.2, 0) is 11.2 Å². The van der Waals surface area contributed by atoms with E-state index in [9.17, 15) is 13.6 Å². The molecular weight excluding hydrogens is 468 g/mol. The van der Waals surface area contributed by atoms with Crippen molar-refractivity contribution < 1.29 is 27.1 Å². The SMILES string of the molecule is CCCC1CCC(c2ccc(C3CCC(C(=O)Oc4ccc(CC)c(F)c4F)CC3)c(F)c2F)CC1. The van der Waals surface area contributed by atoms with E-state index >= 15 is 8.78 Å². The molecule has 0 spiro atoms. The van der Waals surface area contributed by atoms with Gasteiger partial charge in [-0.25, -0.2) is 13.2 Å². The van der Waals surface area contributed by atoms with E-state index in [1.165, 1.54) is 18.6 Å². The first-order chi connectivity index (χ1) is 17.3. The Morgan fingerprint density at radius 2 is 1.31 bits per heavy atom. The summed E-state index contributed by atoms with van der Waals surface area (Å²) < 4.78 is 63.7. The van der Waals surface area contributed by atoms with Crippen molar-refractivity contribution in [3.05, 3.63) is 64.2 Å². The zero-order chi connectivity index (χ0) is 25.8. The van der Waals surface area contributed by atoms with E-state index in [0.717, 1.165) is 32.1 Å². The van der Waals surface area contributed by atoms with Crippen molar-refractivity contribution in [2.75, 3.05) is 0 Å². The molecule has 196 valence electrons. The lowest BCUT2D eigenvalue weighted by atomic mass is 9.75. The highest BCUT2D eigenvalue weighted by molar-refractivity contribution is 5.75. The van der Waals surface area contributed by atoms with Crippen molar-refractivity contribution >= 4 is 5.97 Å². The lowest BCUT2D eigenvalue weighted by molar-refractivity contribution is -0.140. The van der Waals surface area contributed by atoms with Crippen LogP contribution in [0.1, 0.15) is 107 Å². The predicted octanol–water partition coefficient (Wildman–Crippen LogP) is 8.76. The molecule has 0 aliphatic heterocycles. The summed E-state index contributed by atoms with van der Waals surface area (Å²) in [6, 6.07) is 6.17. The number of halogens is 4. The molecule has 2 nitrogen and oxygen atoms in total. The lowest BCUT2D eigenvalue weighted by Crippen LogP contribution is -2.26. The van der Waals surface area contributed by atoms with Crippen LogP contribution in [0.3, 0.4) is 0 Å². The minimum Gasteiger partial charge on any atom is -0.423 e. The first kappa shape index (κ1) is 26.7. The maximum Gasteiger partial charge on any atom is 0.314 e. The number of hydrogen-bond acceptors (Lipinski definition) is 2. The Labute approximate surface area is 211 Å². The van der Waals surface area contributed by atoms with Crippen LogP contribution >= 0.6 is 0 Å². The number of esters is 1. The smallest absolute Gasteiger partial charge is 0.314 e. The Kier molecular flexibility index (Phi) is 8.74. The van der Waals surface area contributed by atoms with Crippen LogP contribution in [-0.4, -0.2) is 5.97 Å². The van der Waals surface area contributed by atoms with E-state index < -0.39 is 40.9 Å². The molecule has 6 heteroatoms. The number of benzene rings is 2. The Hall–Kier alpha value is -2.37. The molecule has 0 N–H and O–H groups in total. The third kappa shape index (κ3) is 5.63. The topological polar surface area (TPSA) is 26.3 Å². The molecule has 2 aromatic rings. The van der Waals surface area contributed by atoms with Gasteiger partial charge in [-0.15, -0.1) is 0 Å². The van der Waals surface area contributed by atoms with Crippen LogP contribution < -0.4 is 4.74 Å². The van der Waals surface area contributed by atoms with Gasteiger partial charge in [-0.3, -0.25) is 4.79 Å². The maximum atomic E-state index is 15.1. The van der Waals surface area contributed by atoms with Crippen molar-refractivity contribution in [3.8, 4) is 5.75 Å². The van der Waals surface area contributed by atoms with Gasteiger partial charge in [-0.05, 0) is 98.3 Å². The second kappa shape index (κ2) is 11.8. The molecule has 0 bridgehead atoms. The zero-order valence-corrected chi connectivity index (χ0v) is 21.2.